The number of nitrogens with two attached hydrogens (primary N) is 2. The number of carbonyl (C=O) groups is 1. The first kappa shape index (κ1) is 27.2. The Morgan fingerprint density at radius 1 is 1.10 bits per heavy atom. The van der Waals surface area contributed by atoms with Crippen LogP contribution in [-0.4, -0.2) is 63.9 Å². The highest BCUT2D eigenvalue weighted by molar-refractivity contribution is 7.28. The lowest BCUT2D eigenvalue weighted by Crippen LogP contribution is -2.43. The van der Waals surface area contributed by atoms with Crippen molar-refractivity contribution in [2.45, 2.75) is 37.8 Å². The third kappa shape index (κ3) is 5.00. The molecule has 2 aliphatic rings. The SMILES string of the molecule is NC(=O)c1c(Nc2cc(-c3csc4c(=O)cc(N5CCOCC5)sc34)cs2)nc(N[C@H]2CCCC[C@H]2N)n2cnnc12. The van der Waals surface area contributed by atoms with Gasteiger partial charge in [0.15, 0.2) is 16.9 Å². The summed E-state index contributed by atoms with van der Waals surface area (Å²) in [5, 5.41) is 20.7. The molecule has 1 amide bonds. The van der Waals surface area contributed by atoms with Crippen LogP contribution in [-0.2, 0) is 4.74 Å². The van der Waals surface area contributed by atoms with Crippen LogP contribution in [0.15, 0.2) is 34.0 Å². The second-order valence-corrected chi connectivity index (χ2v) is 13.2. The minimum atomic E-state index is -0.662. The fraction of sp³-hybridized carbons (Fsp3) is 0.370. The first-order chi connectivity index (χ1) is 20.5. The van der Waals surface area contributed by atoms with Gasteiger partial charge in [0.05, 0.1) is 32.6 Å². The molecule has 12 nitrogen and oxygen atoms in total. The molecule has 6 N–H and O–H groups in total. The predicted octanol–water partition coefficient (Wildman–Crippen LogP) is 3.85. The summed E-state index contributed by atoms with van der Waals surface area (Å²) >= 11 is 4.57. The smallest absolute Gasteiger partial charge is 0.256 e. The maximum absolute atomic E-state index is 13.0. The molecule has 15 heteroatoms. The molecular weight excluding hydrogens is 595 g/mol. The summed E-state index contributed by atoms with van der Waals surface area (Å²) in [4.78, 5) is 32.6. The number of carbonyl (C=O) groups excluding carboxylic acids is 1. The minimum Gasteiger partial charge on any atom is -0.378 e. The van der Waals surface area contributed by atoms with Crippen molar-refractivity contribution in [1.82, 2.24) is 19.6 Å². The number of fused-ring (bicyclic) bond motifs is 2. The molecule has 42 heavy (non-hydrogen) atoms. The Bertz CT molecular complexity index is 1840. The van der Waals surface area contributed by atoms with E-state index in [1.807, 2.05) is 16.8 Å². The van der Waals surface area contributed by atoms with Crippen LogP contribution >= 0.6 is 34.0 Å². The summed E-state index contributed by atoms with van der Waals surface area (Å²) in [6.45, 7) is 2.84. The third-order valence-electron chi connectivity index (χ3n) is 7.74. The van der Waals surface area contributed by atoms with Crippen molar-refractivity contribution in [3.8, 4) is 11.1 Å². The average Bonchev–Trinajstić information content (AvgIpc) is 3.75. The molecule has 0 spiro atoms. The van der Waals surface area contributed by atoms with Gasteiger partial charge >= 0.3 is 0 Å². The molecule has 2 atom stereocenters. The molecule has 2 fully saturated rings. The number of nitrogens with zero attached hydrogens (tertiary/aromatic N) is 5. The molecule has 5 aromatic rings. The summed E-state index contributed by atoms with van der Waals surface area (Å²) in [5.74, 6) is 0.119. The summed E-state index contributed by atoms with van der Waals surface area (Å²) in [6, 6.07) is 3.77. The molecule has 1 saturated carbocycles. The normalized spacial score (nSPS) is 19.4. The van der Waals surface area contributed by atoms with Gasteiger partial charge in [0.1, 0.15) is 11.9 Å². The minimum absolute atomic E-state index is 0.000871. The number of hydrogen-bond acceptors (Lipinski definition) is 13. The van der Waals surface area contributed by atoms with Crippen LogP contribution in [0.25, 0.3) is 26.2 Å². The lowest BCUT2D eigenvalue weighted by molar-refractivity contribution is 0.100. The zero-order chi connectivity index (χ0) is 28.8. The van der Waals surface area contributed by atoms with E-state index in [0.717, 1.165) is 69.3 Å². The van der Waals surface area contributed by atoms with E-state index >= 15 is 0 Å². The second kappa shape index (κ2) is 11.2. The Labute approximate surface area is 252 Å². The van der Waals surface area contributed by atoms with Crippen LogP contribution in [0.2, 0.25) is 0 Å². The fourth-order valence-electron chi connectivity index (χ4n) is 5.53. The van der Waals surface area contributed by atoms with Gasteiger partial charge in [-0.25, -0.2) is 0 Å². The van der Waals surface area contributed by atoms with Crippen LogP contribution in [0, 0.1) is 0 Å². The zero-order valence-electron chi connectivity index (χ0n) is 22.5. The van der Waals surface area contributed by atoms with Gasteiger partial charge in [0.2, 0.25) is 5.95 Å². The van der Waals surface area contributed by atoms with Gasteiger partial charge in [0, 0.05) is 47.6 Å². The predicted molar refractivity (Wildman–Crippen MR) is 169 cm³/mol. The maximum Gasteiger partial charge on any atom is 0.256 e. The maximum atomic E-state index is 13.0. The Balaban J connectivity index is 1.23. The van der Waals surface area contributed by atoms with Crippen LogP contribution < -0.4 is 32.4 Å². The molecule has 0 unspecified atom stereocenters. The highest BCUT2D eigenvalue weighted by Crippen LogP contribution is 2.41. The number of hydrogen-bond donors (Lipinski definition) is 4. The monoisotopic (exact) mass is 623 g/mol. The second-order valence-electron chi connectivity index (χ2n) is 10.4. The lowest BCUT2D eigenvalue weighted by Gasteiger charge is -2.30. The largest absolute Gasteiger partial charge is 0.378 e. The van der Waals surface area contributed by atoms with E-state index in [0.29, 0.717) is 24.8 Å². The van der Waals surface area contributed by atoms with E-state index in [-0.39, 0.29) is 28.9 Å². The van der Waals surface area contributed by atoms with Crippen LogP contribution in [0.5, 0.6) is 0 Å². The Morgan fingerprint density at radius 2 is 1.93 bits per heavy atom. The molecule has 0 radical (unpaired) electrons. The number of rotatable bonds is 7. The van der Waals surface area contributed by atoms with E-state index in [1.165, 1.54) is 29.0 Å². The first-order valence-electron chi connectivity index (χ1n) is 13.8. The standard InChI is InChI=1S/C27H29N9O3S3/c28-16-3-1-2-4-17(16)31-27-33-25(21(24(29)38)26-34-30-13-36(26)27)32-19-9-14(11-40-19)15-12-41-23-18(37)10-20(42-22(15)23)35-5-7-39-8-6-35/h9-13,16-17,32H,1-8,28H2,(H2,29,38)(H,31,33)/t16-,17+/m1/s1. The number of primary amides is 1. The van der Waals surface area contributed by atoms with Crippen molar-refractivity contribution in [2.75, 3.05) is 41.8 Å². The van der Waals surface area contributed by atoms with Crippen LogP contribution in [0.4, 0.5) is 21.8 Å². The van der Waals surface area contributed by atoms with Crippen molar-refractivity contribution in [2.24, 2.45) is 11.5 Å². The molecule has 0 bridgehead atoms. The van der Waals surface area contributed by atoms with Crippen LogP contribution in [0.3, 0.4) is 0 Å². The number of morpholine rings is 1. The number of anilines is 4. The number of ether oxygens (including phenoxy) is 1. The average molecular weight is 624 g/mol. The van der Waals surface area contributed by atoms with Gasteiger partial charge < -0.3 is 31.7 Å². The first-order valence-corrected chi connectivity index (χ1v) is 16.3. The van der Waals surface area contributed by atoms with Gasteiger partial charge in [-0.15, -0.1) is 44.2 Å². The Morgan fingerprint density at radius 3 is 2.74 bits per heavy atom. The molecule has 5 aromatic heterocycles. The molecule has 0 aromatic carbocycles. The lowest BCUT2D eigenvalue weighted by atomic mass is 9.91. The topological polar surface area (TPSA) is 166 Å². The Hall–Kier alpha value is -3.63. The van der Waals surface area contributed by atoms with Crippen molar-refractivity contribution < 1.29 is 9.53 Å². The van der Waals surface area contributed by atoms with Gasteiger partial charge in [-0.05, 0) is 24.5 Å². The van der Waals surface area contributed by atoms with Crippen LogP contribution in [0.1, 0.15) is 36.0 Å². The van der Waals surface area contributed by atoms with E-state index in [9.17, 15) is 9.59 Å². The third-order valence-corrected chi connectivity index (χ3v) is 10.9. The van der Waals surface area contributed by atoms with E-state index in [1.54, 1.807) is 21.8 Å². The molecular formula is C27H29N9O3S3. The van der Waals surface area contributed by atoms with Crippen molar-refractivity contribution in [1.29, 1.82) is 0 Å². The molecule has 1 saturated heterocycles. The number of thiophene rings is 2. The molecule has 7 rings (SSSR count). The molecule has 6 heterocycles. The summed E-state index contributed by atoms with van der Waals surface area (Å²) < 4.78 is 8.84. The van der Waals surface area contributed by atoms with Crippen molar-refractivity contribution in [3.63, 3.8) is 0 Å². The fourth-order valence-corrected chi connectivity index (χ4v) is 8.73. The summed E-state index contributed by atoms with van der Waals surface area (Å²) in [6.07, 6.45) is 5.56. The van der Waals surface area contributed by atoms with E-state index < -0.39 is 5.91 Å². The van der Waals surface area contributed by atoms with E-state index in [2.05, 4.69) is 25.7 Å². The number of aromatic nitrogens is 4. The zero-order valence-corrected chi connectivity index (χ0v) is 25.0. The van der Waals surface area contributed by atoms with Gasteiger partial charge in [-0.2, -0.15) is 4.98 Å². The summed E-state index contributed by atoms with van der Waals surface area (Å²) in [7, 11) is 0. The summed E-state index contributed by atoms with van der Waals surface area (Å²) in [5.41, 5.74) is 14.7. The quantitative estimate of drug-likeness (QED) is 0.209. The van der Waals surface area contributed by atoms with Gasteiger partial charge in [-0.1, -0.05) is 12.8 Å². The van der Waals surface area contributed by atoms with Crippen molar-refractivity contribution >= 4 is 76.7 Å². The molecule has 1 aliphatic carbocycles. The van der Waals surface area contributed by atoms with E-state index in [4.69, 9.17) is 21.2 Å². The number of amides is 1. The molecule has 218 valence electrons. The highest BCUT2D eigenvalue weighted by atomic mass is 32.1. The highest BCUT2D eigenvalue weighted by Gasteiger charge is 2.26. The molecule has 1 aliphatic heterocycles. The Kier molecular flexibility index (Phi) is 7.27. The van der Waals surface area contributed by atoms with Gasteiger partial charge in [0.25, 0.3) is 5.91 Å². The van der Waals surface area contributed by atoms with Crippen molar-refractivity contribution in [3.05, 3.63) is 45.0 Å². The van der Waals surface area contributed by atoms with Gasteiger partial charge in [-0.3, -0.25) is 14.0 Å². The number of nitrogens with one attached hydrogen (secondary N) is 2.